The van der Waals surface area contributed by atoms with Crippen molar-refractivity contribution < 1.29 is 9.18 Å². The minimum Gasteiger partial charge on any atom is -0.377 e. The topological polar surface area (TPSA) is 86.2 Å². The van der Waals surface area contributed by atoms with Crippen LogP contribution in [0.15, 0.2) is 36.5 Å². The van der Waals surface area contributed by atoms with Crippen LogP contribution in [0.2, 0.25) is 0 Å². The lowest BCUT2D eigenvalue weighted by molar-refractivity contribution is 0.0604. The van der Waals surface area contributed by atoms with Gasteiger partial charge in [0.05, 0.1) is 11.7 Å². The molecule has 0 saturated carbocycles. The Kier molecular flexibility index (Phi) is 6.90. The molecule has 5 heterocycles. The zero-order chi connectivity index (χ0) is 28.1. The lowest BCUT2D eigenvalue weighted by atomic mass is 9.95. The third-order valence-corrected chi connectivity index (χ3v) is 8.77. The molecule has 212 valence electrons. The van der Waals surface area contributed by atoms with Crippen molar-refractivity contribution in [3.63, 3.8) is 0 Å². The van der Waals surface area contributed by atoms with Crippen LogP contribution in [-0.4, -0.2) is 83.2 Å². The maximum Gasteiger partial charge on any atom is 0.254 e. The highest BCUT2D eigenvalue weighted by Gasteiger charge is 2.34. The predicted molar refractivity (Wildman–Crippen MR) is 155 cm³/mol. The van der Waals surface area contributed by atoms with Crippen molar-refractivity contribution in [1.82, 2.24) is 24.4 Å². The number of hydrogen-bond acceptors (Lipinski definition) is 7. The van der Waals surface area contributed by atoms with Gasteiger partial charge < -0.3 is 25.3 Å². The highest BCUT2D eigenvalue weighted by Crippen LogP contribution is 2.36. The van der Waals surface area contributed by atoms with Crippen LogP contribution < -0.4 is 15.5 Å². The van der Waals surface area contributed by atoms with Gasteiger partial charge in [-0.05, 0) is 56.7 Å². The van der Waals surface area contributed by atoms with Gasteiger partial charge >= 0.3 is 0 Å². The maximum absolute atomic E-state index is 14.5. The number of nitrogens with zero attached hydrogens (tertiary/aromatic N) is 7. The smallest absolute Gasteiger partial charge is 0.254 e. The van der Waals surface area contributed by atoms with Crippen molar-refractivity contribution in [3.8, 4) is 0 Å². The zero-order valence-corrected chi connectivity index (χ0v) is 23.7. The van der Waals surface area contributed by atoms with Crippen LogP contribution in [-0.2, 0) is 6.42 Å². The number of allylic oxidation sites excluding steroid dienone is 1. The molecule has 1 atom stereocenters. The van der Waals surface area contributed by atoms with Crippen molar-refractivity contribution in [3.05, 3.63) is 64.7 Å². The number of halogens is 1. The molecular formula is C30H39FN8O. The molecule has 3 aromatic rings. The number of carbonyl (C=O) groups excluding carboxylic acids is 1. The summed E-state index contributed by atoms with van der Waals surface area (Å²) >= 11 is 0. The van der Waals surface area contributed by atoms with E-state index in [1.807, 2.05) is 22.5 Å². The largest absolute Gasteiger partial charge is 0.377 e. The molecule has 2 aromatic heterocycles. The Morgan fingerprint density at radius 2 is 1.82 bits per heavy atom. The zero-order valence-electron chi connectivity index (χ0n) is 23.7. The number of amides is 1. The fraction of sp³-hybridized carbons (Fsp3) is 0.500. The summed E-state index contributed by atoms with van der Waals surface area (Å²) in [6, 6.07) is 6.56. The first-order valence-corrected chi connectivity index (χ1v) is 14.3. The van der Waals surface area contributed by atoms with Gasteiger partial charge in [-0.3, -0.25) is 4.79 Å². The standard InChI is InChI=1S/C30H39FN8O/c1-19-8-9-21-10-11-22(31)15-24(21)30(40)38-12-6-5-7-26(38)25-16-27-33-28(37-17-23(32)18-37)20(2)29(39(27)34-25)36(4)14-13-35(19)3/h10-11,15-16,23,26H,1,5-9,12-14,17-18,32H2,2-4H3. The number of piperidine rings is 1. The maximum atomic E-state index is 14.5. The van der Waals surface area contributed by atoms with E-state index in [2.05, 4.69) is 35.3 Å². The molecule has 3 aliphatic rings. The number of nitrogens with two attached hydrogens (primary N) is 1. The number of likely N-dealkylation sites (N-methyl/N-ethyl adjacent to an activating group) is 2. The van der Waals surface area contributed by atoms with Crippen LogP contribution in [0.1, 0.15) is 58.9 Å². The van der Waals surface area contributed by atoms with Crippen LogP contribution in [0, 0.1) is 12.7 Å². The molecule has 0 spiro atoms. The van der Waals surface area contributed by atoms with Gasteiger partial charge in [0.25, 0.3) is 5.91 Å². The van der Waals surface area contributed by atoms with E-state index in [1.165, 1.54) is 12.1 Å². The Balaban J connectivity index is 1.50. The van der Waals surface area contributed by atoms with E-state index in [0.717, 1.165) is 85.2 Å². The van der Waals surface area contributed by atoms with E-state index in [1.54, 1.807) is 6.07 Å². The van der Waals surface area contributed by atoms with Gasteiger partial charge in [0, 0.05) is 75.8 Å². The van der Waals surface area contributed by atoms with Gasteiger partial charge in [0.1, 0.15) is 17.5 Å². The summed E-state index contributed by atoms with van der Waals surface area (Å²) in [7, 11) is 4.14. The molecule has 9 nitrogen and oxygen atoms in total. The van der Waals surface area contributed by atoms with E-state index in [-0.39, 0.29) is 18.0 Å². The van der Waals surface area contributed by atoms with Crippen LogP contribution in [0.3, 0.4) is 0 Å². The Morgan fingerprint density at radius 1 is 1.05 bits per heavy atom. The summed E-state index contributed by atoms with van der Waals surface area (Å²) in [5, 5.41) is 5.09. The highest BCUT2D eigenvalue weighted by atomic mass is 19.1. The number of anilines is 2. The minimum absolute atomic E-state index is 0.140. The van der Waals surface area contributed by atoms with Gasteiger partial charge in [-0.2, -0.15) is 9.61 Å². The predicted octanol–water partition coefficient (Wildman–Crippen LogP) is 3.52. The Bertz CT molecular complexity index is 1460. The van der Waals surface area contributed by atoms with E-state index >= 15 is 0 Å². The molecule has 1 amide bonds. The molecule has 6 rings (SSSR count). The molecular weight excluding hydrogens is 507 g/mol. The van der Waals surface area contributed by atoms with Crippen LogP contribution in [0.4, 0.5) is 16.0 Å². The normalized spacial score (nSPS) is 21.2. The minimum atomic E-state index is -0.399. The third-order valence-electron chi connectivity index (χ3n) is 8.77. The number of fused-ring (bicyclic) bond motifs is 4. The fourth-order valence-corrected chi connectivity index (χ4v) is 6.32. The Hall–Kier alpha value is -3.66. The van der Waals surface area contributed by atoms with E-state index < -0.39 is 5.82 Å². The second-order valence-corrected chi connectivity index (χ2v) is 11.6. The molecule has 0 aliphatic carbocycles. The number of aryl methyl sites for hydroxylation is 1. The van der Waals surface area contributed by atoms with Crippen molar-refractivity contribution in [2.24, 2.45) is 5.73 Å². The Morgan fingerprint density at radius 3 is 2.60 bits per heavy atom. The number of hydrogen-bond donors (Lipinski definition) is 1. The van der Waals surface area contributed by atoms with Crippen molar-refractivity contribution >= 4 is 23.2 Å². The molecule has 40 heavy (non-hydrogen) atoms. The van der Waals surface area contributed by atoms with E-state index in [9.17, 15) is 9.18 Å². The Labute approximate surface area is 235 Å². The molecule has 0 radical (unpaired) electrons. The SMILES string of the molecule is C=C1CCc2ccc(F)cc2C(=O)N2CCCCC2c2cc3nc(N4CC(N)C4)c(C)c(n3n2)N(C)CCN1C. The fourth-order valence-electron chi connectivity index (χ4n) is 6.32. The van der Waals surface area contributed by atoms with Crippen LogP contribution in [0.25, 0.3) is 5.65 Å². The monoisotopic (exact) mass is 546 g/mol. The van der Waals surface area contributed by atoms with Gasteiger partial charge in [0.2, 0.25) is 0 Å². The molecule has 3 aliphatic heterocycles. The quantitative estimate of drug-likeness (QED) is 0.500. The average molecular weight is 547 g/mol. The first-order chi connectivity index (χ1) is 19.2. The lowest BCUT2D eigenvalue weighted by Gasteiger charge is -2.39. The molecule has 2 fully saturated rings. The second-order valence-electron chi connectivity index (χ2n) is 11.6. The summed E-state index contributed by atoms with van der Waals surface area (Å²) in [6.45, 7) is 10.1. The first-order valence-electron chi connectivity index (χ1n) is 14.3. The number of rotatable bonds is 1. The van der Waals surface area contributed by atoms with Crippen LogP contribution >= 0.6 is 0 Å². The first kappa shape index (κ1) is 26.6. The highest BCUT2D eigenvalue weighted by molar-refractivity contribution is 5.96. The van der Waals surface area contributed by atoms with Gasteiger partial charge in [-0.15, -0.1) is 0 Å². The second kappa shape index (κ2) is 10.4. The molecule has 2 bridgehead atoms. The number of benzene rings is 1. The van der Waals surface area contributed by atoms with Gasteiger partial charge in [0.15, 0.2) is 5.65 Å². The average Bonchev–Trinajstić information content (AvgIpc) is 3.35. The van der Waals surface area contributed by atoms with E-state index in [0.29, 0.717) is 24.9 Å². The number of aromatic nitrogens is 3. The third kappa shape index (κ3) is 4.68. The summed E-state index contributed by atoms with van der Waals surface area (Å²) in [6.07, 6.45) is 4.03. The van der Waals surface area contributed by atoms with Crippen LogP contribution in [0.5, 0.6) is 0 Å². The molecule has 10 heteroatoms. The molecule has 2 saturated heterocycles. The van der Waals surface area contributed by atoms with Gasteiger partial charge in [-0.1, -0.05) is 12.6 Å². The summed E-state index contributed by atoms with van der Waals surface area (Å²) in [5.41, 5.74) is 11.0. The van der Waals surface area contributed by atoms with Crippen molar-refractivity contribution in [1.29, 1.82) is 0 Å². The summed E-state index contributed by atoms with van der Waals surface area (Å²) in [4.78, 5) is 27.6. The van der Waals surface area contributed by atoms with Crippen molar-refractivity contribution in [2.45, 2.75) is 51.1 Å². The van der Waals surface area contributed by atoms with Crippen molar-refractivity contribution in [2.75, 3.05) is 56.6 Å². The molecule has 1 unspecified atom stereocenters. The summed E-state index contributed by atoms with van der Waals surface area (Å²) < 4.78 is 16.4. The lowest BCUT2D eigenvalue weighted by Crippen LogP contribution is -2.56. The van der Waals surface area contributed by atoms with E-state index in [4.69, 9.17) is 15.8 Å². The summed E-state index contributed by atoms with van der Waals surface area (Å²) in [5.74, 6) is 1.38. The number of carbonyl (C=O) groups is 1. The molecule has 1 aromatic carbocycles. The van der Waals surface area contributed by atoms with Gasteiger partial charge in [-0.25, -0.2) is 9.37 Å². The molecule has 2 N–H and O–H groups in total.